The van der Waals surface area contributed by atoms with Gasteiger partial charge in [0.15, 0.2) is 0 Å². The molecule has 0 saturated heterocycles. The number of hydrogen-bond donors (Lipinski definition) is 4. The van der Waals surface area contributed by atoms with Crippen molar-refractivity contribution in [1.82, 2.24) is 10.6 Å². The summed E-state index contributed by atoms with van der Waals surface area (Å²) < 4.78 is 0. The molecule has 0 heterocycles. The lowest BCUT2D eigenvalue weighted by Gasteiger charge is -2.45. The zero-order chi connectivity index (χ0) is 18.5. The van der Waals surface area contributed by atoms with Crippen molar-refractivity contribution in [1.29, 1.82) is 0 Å². The minimum Gasteiger partial charge on any atom is -0.351 e. The van der Waals surface area contributed by atoms with E-state index in [0.717, 1.165) is 6.42 Å². The van der Waals surface area contributed by atoms with Gasteiger partial charge in [-0.25, -0.2) is 0 Å². The van der Waals surface area contributed by atoms with E-state index in [1.165, 1.54) is 0 Å². The third kappa shape index (κ3) is 5.05. The fraction of sp³-hybridized carbons (Fsp3) is 0.882. The summed E-state index contributed by atoms with van der Waals surface area (Å²) in [5.74, 6) is 1.47. The third-order valence-corrected chi connectivity index (χ3v) is 6.82. The fourth-order valence-electron chi connectivity index (χ4n) is 2.62. The predicted molar refractivity (Wildman–Crippen MR) is 104 cm³/mol. The molecule has 0 bridgehead atoms. The van der Waals surface area contributed by atoms with E-state index in [2.05, 4.69) is 49.7 Å². The Balaban J connectivity index is 5.32. The van der Waals surface area contributed by atoms with Gasteiger partial charge < -0.3 is 10.6 Å². The number of rotatable bonds is 10. The van der Waals surface area contributed by atoms with Gasteiger partial charge in [0, 0.05) is 5.92 Å². The average Bonchev–Trinajstić information content (AvgIpc) is 2.46. The second kappa shape index (κ2) is 8.65. The van der Waals surface area contributed by atoms with Crippen LogP contribution in [-0.4, -0.2) is 34.9 Å². The largest absolute Gasteiger partial charge is 0.351 e. The topological polar surface area (TPSA) is 58.2 Å². The molecule has 136 valence electrons. The molecule has 0 aromatic carbocycles. The molecule has 0 aliphatic carbocycles. The van der Waals surface area contributed by atoms with Gasteiger partial charge in [-0.2, -0.15) is 25.3 Å². The van der Waals surface area contributed by atoms with Crippen molar-refractivity contribution < 1.29 is 9.59 Å². The number of thiol groups is 2. The predicted octanol–water partition coefficient (Wildman–Crippen LogP) is 2.93. The Morgan fingerprint density at radius 1 is 1.09 bits per heavy atom. The van der Waals surface area contributed by atoms with Crippen LogP contribution in [0.25, 0.3) is 0 Å². The lowest BCUT2D eigenvalue weighted by atomic mass is 9.67. The zero-order valence-electron chi connectivity index (χ0n) is 15.6. The number of amides is 2. The first-order valence-electron chi connectivity index (χ1n) is 8.18. The van der Waals surface area contributed by atoms with Gasteiger partial charge in [0.2, 0.25) is 12.3 Å². The molecule has 0 fully saturated rings. The van der Waals surface area contributed by atoms with E-state index in [-0.39, 0.29) is 23.2 Å². The summed E-state index contributed by atoms with van der Waals surface area (Å²) in [5, 5.41) is 5.90. The summed E-state index contributed by atoms with van der Waals surface area (Å²) in [6.45, 7) is 13.8. The summed E-state index contributed by atoms with van der Waals surface area (Å²) >= 11 is 8.87. The zero-order valence-corrected chi connectivity index (χ0v) is 17.4. The minimum absolute atomic E-state index is 0.00584. The van der Waals surface area contributed by atoms with Crippen LogP contribution >= 0.6 is 25.3 Å². The van der Waals surface area contributed by atoms with Crippen molar-refractivity contribution in [2.45, 2.75) is 66.0 Å². The van der Waals surface area contributed by atoms with E-state index >= 15 is 0 Å². The molecule has 2 atom stereocenters. The van der Waals surface area contributed by atoms with Gasteiger partial charge in [0.25, 0.3) is 0 Å². The molecule has 0 aromatic rings. The number of hydrogen-bond acceptors (Lipinski definition) is 4. The second-order valence-electron chi connectivity index (χ2n) is 7.64. The van der Waals surface area contributed by atoms with Crippen molar-refractivity contribution >= 4 is 37.6 Å². The van der Waals surface area contributed by atoms with Crippen LogP contribution < -0.4 is 10.6 Å². The summed E-state index contributed by atoms with van der Waals surface area (Å²) in [6.07, 6.45) is 1.55. The normalized spacial score (nSPS) is 16.6. The van der Waals surface area contributed by atoms with E-state index in [0.29, 0.717) is 17.9 Å². The maximum Gasteiger partial charge on any atom is 0.223 e. The first-order chi connectivity index (χ1) is 10.4. The Morgan fingerprint density at radius 3 is 1.91 bits per heavy atom. The van der Waals surface area contributed by atoms with Crippen LogP contribution in [0.1, 0.15) is 54.9 Å². The summed E-state index contributed by atoms with van der Waals surface area (Å²) in [7, 11) is 0. The van der Waals surface area contributed by atoms with Crippen LogP contribution in [0.15, 0.2) is 0 Å². The Hall–Kier alpha value is -0.360. The first kappa shape index (κ1) is 22.6. The molecule has 0 aromatic heterocycles. The molecule has 2 amide bonds. The van der Waals surface area contributed by atoms with Gasteiger partial charge in [0.05, 0.1) is 11.1 Å². The van der Waals surface area contributed by atoms with Gasteiger partial charge in [-0.15, -0.1) is 0 Å². The smallest absolute Gasteiger partial charge is 0.223 e. The summed E-state index contributed by atoms with van der Waals surface area (Å²) in [6, 6.07) is 0. The molecule has 2 unspecified atom stereocenters. The highest BCUT2D eigenvalue weighted by molar-refractivity contribution is 7.81. The third-order valence-electron chi connectivity index (χ3n) is 5.94. The quantitative estimate of drug-likeness (QED) is 0.357. The van der Waals surface area contributed by atoms with Crippen LogP contribution in [0.4, 0.5) is 0 Å². The number of carbonyl (C=O) groups excluding carboxylic acids is 2. The molecule has 0 saturated carbocycles. The van der Waals surface area contributed by atoms with Gasteiger partial charge in [-0.05, 0) is 57.0 Å². The van der Waals surface area contributed by atoms with Crippen molar-refractivity contribution in [3.63, 3.8) is 0 Å². The van der Waals surface area contributed by atoms with E-state index < -0.39 is 11.1 Å². The molecule has 4 nitrogen and oxygen atoms in total. The molecular formula is C17H34N2O2S2. The highest BCUT2D eigenvalue weighted by Crippen LogP contribution is 2.41. The Bertz CT molecular complexity index is 409. The monoisotopic (exact) mass is 362 g/mol. The maximum atomic E-state index is 12.9. The second-order valence-corrected chi connectivity index (χ2v) is 8.37. The maximum absolute atomic E-state index is 12.9. The molecule has 0 rings (SSSR count). The standard InChI is InChI=1S/C17H34N2O2S2/c1-8-17(7,13(9-22)10-23)12(2)14(21)19-16(5,6)15(3,4)18-11-20/h11-13,22-23H,8-10H2,1-7H3,(H,18,20)(H,19,21). The van der Waals surface area contributed by atoms with Crippen molar-refractivity contribution in [2.75, 3.05) is 11.5 Å². The lowest BCUT2D eigenvalue weighted by Crippen LogP contribution is -2.65. The van der Waals surface area contributed by atoms with Crippen molar-refractivity contribution in [2.24, 2.45) is 17.3 Å². The van der Waals surface area contributed by atoms with Crippen LogP contribution in [-0.2, 0) is 9.59 Å². The molecule has 23 heavy (non-hydrogen) atoms. The van der Waals surface area contributed by atoms with Crippen LogP contribution in [0.5, 0.6) is 0 Å². The molecule has 0 spiro atoms. The van der Waals surface area contributed by atoms with Gasteiger partial charge in [-0.3, -0.25) is 9.59 Å². The molecule has 0 aliphatic heterocycles. The average molecular weight is 363 g/mol. The molecular weight excluding hydrogens is 328 g/mol. The minimum atomic E-state index is -0.578. The van der Waals surface area contributed by atoms with Gasteiger partial charge >= 0.3 is 0 Å². The molecule has 6 heteroatoms. The first-order valence-corrected chi connectivity index (χ1v) is 9.45. The fourth-order valence-corrected chi connectivity index (χ4v) is 3.92. The van der Waals surface area contributed by atoms with Crippen molar-refractivity contribution in [3.05, 3.63) is 0 Å². The summed E-state index contributed by atoms with van der Waals surface area (Å²) in [4.78, 5) is 23.7. The molecule has 0 aliphatic rings. The van der Waals surface area contributed by atoms with Gasteiger partial charge in [0.1, 0.15) is 0 Å². The van der Waals surface area contributed by atoms with E-state index in [4.69, 9.17) is 0 Å². The van der Waals surface area contributed by atoms with Gasteiger partial charge in [-0.1, -0.05) is 20.8 Å². The highest BCUT2D eigenvalue weighted by atomic mass is 32.1. The van der Waals surface area contributed by atoms with E-state index in [1.807, 2.05) is 34.6 Å². The Kier molecular flexibility index (Phi) is 8.52. The highest BCUT2D eigenvalue weighted by Gasteiger charge is 2.44. The lowest BCUT2D eigenvalue weighted by molar-refractivity contribution is -0.132. The molecule has 2 N–H and O–H groups in total. The van der Waals surface area contributed by atoms with Crippen LogP contribution in [0, 0.1) is 17.3 Å². The van der Waals surface area contributed by atoms with E-state index in [1.54, 1.807) is 0 Å². The van der Waals surface area contributed by atoms with E-state index in [9.17, 15) is 9.59 Å². The van der Waals surface area contributed by atoms with Crippen LogP contribution in [0.2, 0.25) is 0 Å². The SMILES string of the molecule is CCC(C)(C(CS)CS)C(C)C(=O)NC(C)(C)C(C)(C)NC=O. The Labute approximate surface area is 152 Å². The number of carbonyl (C=O) groups is 2. The van der Waals surface area contributed by atoms with Crippen LogP contribution in [0.3, 0.4) is 0 Å². The number of nitrogens with one attached hydrogen (secondary N) is 2. The Morgan fingerprint density at radius 2 is 1.57 bits per heavy atom. The summed E-state index contributed by atoms with van der Waals surface area (Å²) in [5.41, 5.74) is -1.31. The molecule has 0 radical (unpaired) electrons. The van der Waals surface area contributed by atoms with Crippen molar-refractivity contribution in [3.8, 4) is 0 Å².